The summed E-state index contributed by atoms with van der Waals surface area (Å²) in [6, 6.07) is 58.6. The summed E-state index contributed by atoms with van der Waals surface area (Å²) < 4.78 is 43.3. The number of hydroxylamine groups is 3. The van der Waals surface area contributed by atoms with Crippen LogP contribution in [0.2, 0.25) is 0 Å². The van der Waals surface area contributed by atoms with Crippen LogP contribution in [0.25, 0.3) is 32.7 Å². The molecule has 23 nitrogen and oxygen atoms in total. The van der Waals surface area contributed by atoms with Crippen molar-refractivity contribution in [3.05, 3.63) is 244 Å². The fourth-order valence-corrected chi connectivity index (χ4v) is 14.6. The molecular weight excluding hydrogens is 1380 g/mol. The second-order valence-corrected chi connectivity index (χ2v) is 28.0. The van der Waals surface area contributed by atoms with Crippen LogP contribution in [0.5, 0.6) is 17.2 Å². The minimum Gasteiger partial charge on any atom is -0.489 e. The summed E-state index contributed by atoms with van der Waals surface area (Å²) in [5.74, 6) is -3.31. The Morgan fingerprint density at radius 2 is 1.09 bits per heavy atom. The molecule has 7 N–H and O–H groups in total. The second kappa shape index (κ2) is 33.6. The average molecular weight is 1470 g/mol. The van der Waals surface area contributed by atoms with Gasteiger partial charge >= 0.3 is 11.9 Å². The standard InChI is InChI=1S/C30H29N3O4.C28H31FN4O5.C26H28N2O5/c1-19-15-22(25-13-6-7-14-27(25)31-19)18-37-24-12-8-11-23(16-24)30(17-26(30)28(34)33-36)29(35)32-20(2)21-9-4-3-5-10-21;1-32-9-11-33(12-10-32)25-14-19(20-5-3-4-6-23(20)30-25)17-38-24-8-7-18(13-22(24)29)15-28(27(35)37-2)16-21(28)26(34)31-36;1-3-19-13-18(21-7-5-6-8-23(21)27-19)16-33-20-11-9-17(10-12-20)14-26(25(30)32-4-2)15-22(26)24(29)28-31/h3-16,20,26,36H,17-18H2,1-2H3,(H,32,35)(H,33,34);3-8,13-14,21,36H,9-12,15-17H2,1-2H3,(H,31,34);5-13,22,31H,3-4,14-16H2,1-2H3,(H,28,29)/t20-,26-,30-;21-,28+;22-,26+/m011/s1. The lowest BCUT2D eigenvalue weighted by molar-refractivity contribution is -0.152. The number of hydrogen-bond donors (Lipinski definition) is 7. The van der Waals surface area contributed by atoms with E-state index in [1.165, 1.54) is 19.2 Å². The third-order valence-electron chi connectivity index (χ3n) is 21.0. The van der Waals surface area contributed by atoms with Crippen LogP contribution < -0.4 is 40.9 Å². The molecule has 24 heteroatoms. The quantitative estimate of drug-likeness (QED) is 0.0159. The van der Waals surface area contributed by atoms with Crippen molar-refractivity contribution in [3.8, 4) is 17.2 Å². The Balaban J connectivity index is 0.000000152. The van der Waals surface area contributed by atoms with Gasteiger partial charge in [-0.15, -0.1) is 0 Å². The number of amides is 4. The minimum absolute atomic E-state index is 0.0864. The van der Waals surface area contributed by atoms with Crippen molar-refractivity contribution in [2.45, 2.75) is 97.5 Å². The number of ether oxygens (including phenoxy) is 5. The van der Waals surface area contributed by atoms with Crippen molar-refractivity contribution in [2.75, 3.05) is 51.8 Å². The van der Waals surface area contributed by atoms with Gasteiger partial charge in [-0.05, 0) is 161 Å². The molecule has 4 heterocycles. The normalized spacial score (nSPS) is 19.9. The van der Waals surface area contributed by atoms with Crippen LogP contribution in [0.4, 0.5) is 10.2 Å². The first kappa shape index (κ1) is 76.2. The molecule has 4 fully saturated rings. The molecule has 0 bridgehead atoms. The topological polar surface area (TPSA) is 303 Å². The maximum Gasteiger partial charge on any atom is 0.313 e. The Labute approximate surface area is 624 Å². The van der Waals surface area contributed by atoms with E-state index in [1.807, 2.05) is 178 Å². The summed E-state index contributed by atoms with van der Waals surface area (Å²) >= 11 is 0. The number of aromatic nitrogens is 3. The smallest absolute Gasteiger partial charge is 0.313 e. The third kappa shape index (κ3) is 16.9. The average Bonchev–Trinajstić information content (AvgIpc) is 1.59. The van der Waals surface area contributed by atoms with E-state index in [0.717, 1.165) is 110 Å². The van der Waals surface area contributed by atoms with E-state index in [1.54, 1.807) is 29.4 Å². The molecule has 3 saturated carbocycles. The van der Waals surface area contributed by atoms with E-state index in [0.29, 0.717) is 55.1 Å². The van der Waals surface area contributed by atoms with Gasteiger partial charge in [-0.25, -0.2) is 25.8 Å². The highest BCUT2D eigenvalue weighted by Crippen LogP contribution is 2.58. The Morgan fingerprint density at radius 1 is 0.556 bits per heavy atom. The molecule has 1 saturated heterocycles. The first-order valence-corrected chi connectivity index (χ1v) is 36.1. The number of carbonyl (C=O) groups is 6. The Kier molecular flexibility index (Phi) is 23.7. The zero-order valence-electron chi connectivity index (χ0n) is 61.1. The summed E-state index contributed by atoms with van der Waals surface area (Å²) in [6.07, 6.45) is 2.19. The number of benzene rings is 7. The molecule has 14 rings (SSSR count). The molecule has 0 unspecified atom stereocenters. The predicted molar refractivity (Wildman–Crippen MR) is 401 cm³/mol. The summed E-state index contributed by atoms with van der Waals surface area (Å²) in [6.45, 7) is 12.5. The van der Waals surface area contributed by atoms with Crippen molar-refractivity contribution in [1.82, 2.24) is 41.6 Å². The van der Waals surface area contributed by atoms with E-state index in [4.69, 9.17) is 39.1 Å². The molecule has 4 aliphatic rings. The fraction of sp³-hybridized carbons (Fsp3) is 0.321. The SMILES string of the molecule is CCOC(=O)[C@@]1(Cc2ccc(OCc3cc(CC)nc4ccccc34)cc2)C[C@@H]1C(=O)NO.COC(=O)[C@@]1(Cc2ccc(OCc3cc(N4CCN(C)CC4)nc4ccccc34)c(F)c2)C[C@@H]1C(=O)NO.Cc1cc(COc2cccc([C@@]3(C(=O)N[C@@H](C)c4ccccc4)C[C@H]3C(=O)NO)c2)c2ccccc2n1. The molecule has 560 valence electrons. The molecule has 4 amide bonds. The van der Waals surface area contributed by atoms with Gasteiger partial charge in [0, 0.05) is 70.4 Å². The Morgan fingerprint density at radius 3 is 1.69 bits per heavy atom. The number of likely N-dealkylation sites (N-methyl/N-ethyl adjacent to an activating group) is 1. The largest absolute Gasteiger partial charge is 0.489 e. The number of piperazine rings is 1. The number of halogens is 1. The van der Waals surface area contributed by atoms with Gasteiger partial charge in [-0.3, -0.25) is 54.4 Å². The van der Waals surface area contributed by atoms with Crippen molar-refractivity contribution in [3.63, 3.8) is 0 Å². The number of nitrogens with zero attached hydrogens (tertiary/aromatic N) is 5. The molecule has 3 aromatic heterocycles. The predicted octanol–water partition coefficient (Wildman–Crippen LogP) is 11.7. The number of anilines is 1. The van der Waals surface area contributed by atoms with Gasteiger partial charge in [0.05, 0.1) is 70.3 Å². The zero-order chi connectivity index (χ0) is 76.3. The molecule has 0 radical (unpaired) electrons. The molecule has 0 spiro atoms. The van der Waals surface area contributed by atoms with E-state index in [2.05, 4.69) is 45.1 Å². The van der Waals surface area contributed by atoms with Crippen LogP contribution in [0.3, 0.4) is 0 Å². The van der Waals surface area contributed by atoms with E-state index in [-0.39, 0.29) is 43.8 Å². The van der Waals surface area contributed by atoms with Crippen LogP contribution in [0.15, 0.2) is 188 Å². The molecule has 3 aliphatic carbocycles. The van der Waals surface area contributed by atoms with E-state index < -0.39 is 69.5 Å². The van der Waals surface area contributed by atoms with E-state index in [9.17, 15) is 34.0 Å². The lowest BCUT2D eigenvalue weighted by Crippen LogP contribution is -2.44. The third-order valence-corrected chi connectivity index (χ3v) is 21.0. The lowest BCUT2D eigenvalue weighted by atomic mass is 9.91. The van der Waals surface area contributed by atoms with Crippen molar-refractivity contribution < 1.29 is 72.5 Å². The van der Waals surface area contributed by atoms with Gasteiger partial charge in [0.25, 0.3) is 0 Å². The van der Waals surface area contributed by atoms with Crippen molar-refractivity contribution in [1.29, 1.82) is 0 Å². The number of methoxy groups -OCH3 is 1. The molecule has 108 heavy (non-hydrogen) atoms. The Bertz CT molecular complexity index is 4950. The number of fused-ring (bicyclic) bond motifs is 3. The maximum absolute atomic E-state index is 15.1. The number of aryl methyl sites for hydroxylation is 2. The highest BCUT2D eigenvalue weighted by Gasteiger charge is 2.66. The number of hydrogen-bond acceptors (Lipinski definition) is 19. The van der Waals surface area contributed by atoms with Gasteiger partial charge in [-0.2, -0.15) is 0 Å². The molecule has 7 atom stereocenters. The highest BCUT2D eigenvalue weighted by atomic mass is 19.1. The van der Waals surface area contributed by atoms with Gasteiger partial charge in [0.15, 0.2) is 11.6 Å². The van der Waals surface area contributed by atoms with Crippen LogP contribution in [-0.2, 0) is 82.7 Å². The molecule has 7 aromatic carbocycles. The van der Waals surface area contributed by atoms with Crippen LogP contribution >= 0.6 is 0 Å². The maximum atomic E-state index is 15.1. The van der Waals surface area contributed by atoms with Crippen molar-refractivity contribution >= 4 is 74.1 Å². The number of nitrogens with one attached hydrogen (secondary N) is 4. The van der Waals surface area contributed by atoms with Gasteiger partial charge in [0.1, 0.15) is 37.1 Å². The first-order chi connectivity index (χ1) is 52.3. The number of pyridine rings is 3. The summed E-state index contributed by atoms with van der Waals surface area (Å²) in [5.41, 5.74) is 12.6. The summed E-state index contributed by atoms with van der Waals surface area (Å²) in [4.78, 5) is 93.4. The summed E-state index contributed by atoms with van der Waals surface area (Å²) in [5, 5.41) is 33.3. The molecule has 10 aromatic rings. The Hall–Kier alpha value is -11.4. The van der Waals surface area contributed by atoms with Crippen LogP contribution in [-0.4, -0.2) is 118 Å². The number of esters is 2. The molecular formula is C84H88FN9O14. The first-order valence-electron chi connectivity index (χ1n) is 36.1. The van der Waals surface area contributed by atoms with Gasteiger partial charge in [-0.1, -0.05) is 122 Å². The number of carbonyl (C=O) groups excluding carboxylic acids is 6. The van der Waals surface area contributed by atoms with Crippen LogP contribution in [0, 0.1) is 41.3 Å². The van der Waals surface area contributed by atoms with Gasteiger partial charge in [0.2, 0.25) is 23.6 Å². The number of rotatable bonds is 25. The van der Waals surface area contributed by atoms with Crippen molar-refractivity contribution in [2.24, 2.45) is 28.6 Å². The van der Waals surface area contributed by atoms with Gasteiger partial charge < -0.3 is 38.8 Å². The lowest BCUT2D eigenvalue weighted by Gasteiger charge is -2.33. The number of para-hydroxylation sites is 3. The summed E-state index contributed by atoms with van der Waals surface area (Å²) in [7, 11) is 3.35. The fourth-order valence-electron chi connectivity index (χ4n) is 14.6. The second-order valence-electron chi connectivity index (χ2n) is 28.0. The monoisotopic (exact) mass is 1470 g/mol. The minimum atomic E-state index is -1.12. The van der Waals surface area contributed by atoms with Crippen LogP contribution in [0.1, 0.15) is 96.4 Å². The molecule has 1 aliphatic heterocycles. The van der Waals surface area contributed by atoms with E-state index >= 15 is 4.39 Å². The zero-order valence-corrected chi connectivity index (χ0v) is 61.1. The highest BCUT2D eigenvalue weighted by molar-refractivity contribution is 6.01.